The van der Waals surface area contributed by atoms with E-state index >= 15 is 0 Å². The lowest BCUT2D eigenvalue weighted by molar-refractivity contribution is -0.136. The third kappa shape index (κ3) is 5.43. The minimum Gasteiger partial charge on any atom is -0.382 e. The van der Waals surface area contributed by atoms with Crippen LogP contribution in [0.5, 0.6) is 0 Å². The summed E-state index contributed by atoms with van der Waals surface area (Å²) < 4.78 is 39.6. The van der Waals surface area contributed by atoms with Crippen molar-refractivity contribution in [2.24, 2.45) is 0 Å². The molecule has 0 saturated carbocycles. The maximum atomic E-state index is 13.2. The number of urea groups is 1. The Balaban J connectivity index is 1.32. The molecule has 4 aromatic rings. The molecule has 11 heteroatoms. The quantitative estimate of drug-likeness (QED) is 0.287. The van der Waals surface area contributed by atoms with Crippen LogP contribution in [-0.4, -0.2) is 59.3 Å². The van der Waals surface area contributed by atoms with E-state index in [1.165, 1.54) is 18.2 Å². The van der Waals surface area contributed by atoms with Crippen molar-refractivity contribution < 1.29 is 18.0 Å². The Kier molecular flexibility index (Phi) is 6.96. The van der Waals surface area contributed by atoms with Crippen molar-refractivity contribution in [2.75, 3.05) is 49.6 Å². The number of aromatic nitrogens is 2. The summed E-state index contributed by atoms with van der Waals surface area (Å²) in [6.07, 6.45) is -4.58. The minimum absolute atomic E-state index is 0.316. The number of carbonyl (C=O) groups is 1. The number of alkyl halides is 3. The summed E-state index contributed by atoms with van der Waals surface area (Å²) in [5.74, 6) is 0.403. The van der Waals surface area contributed by atoms with Crippen LogP contribution < -0.4 is 16.4 Å². The number of anilines is 3. The van der Waals surface area contributed by atoms with E-state index in [0.717, 1.165) is 66.4 Å². The molecule has 1 saturated heterocycles. The van der Waals surface area contributed by atoms with Crippen LogP contribution in [0.1, 0.15) is 11.1 Å². The first-order valence-corrected chi connectivity index (χ1v) is 12.2. The number of hydrogen-bond donors (Lipinski definition) is 4. The lowest BCUT2D eigenvalue weighted by Crippen LogP contribution is -2.43. The first-order chi connectivity index (χ1) is 18.2. The van der Waals surface area contributed by atoms with Crippen molar-refractivity contribution >= 4 is 34.1 Å². The van der Waals surface area contributed by atoms with E-state index in [9.17, 15) is 18.0 Å². The minimum atomic E-state index is -4.58. The topological polar surface area (TPSA) is 102 Å². The first kappa shape index (κ1) is 25.6. The van der Waals surface area contributed by atoms with Crippen LogP contribution in [0, 0.1) is 0 Å². The number of nitrogens with one attached hydrogen (secondary N) is 3. The van der Waals surface area contributed by atoms with Crippen molar-refractivity contribution in [3.8, 4) is 11.1 Å². The third-order valence-corrected chi connectivity index (χ3v) is 6.76. The molecule has 1 aromatic heterocycles. The molecule has 1 aliphatic rings. The van der Waals surface area contributed by atoms with Gasteiger partial charge in [-0.3, -0.25) is 10.00 Å². The molecule has 3 aromatic carbocycles. The molecule has 8 nitrogen and oxygen atoms in total. The Bertz CT molecular complexity index is 1440. The Labute approximate surface area is 217 Å². The SMILES string of the molecule is CN1CCN(Cc2ccc(-c3ccc(NC(=O)Nc4ccccc4C(F)(F)F)cc3)c3c(N)n[nH]c23)CC1. The van der Waals surface area contributed by atoms with Gasteiger partial charge in [0.25, 0.3) is 0 Å². The fourth-order valence-electron chi connectivity index (χ4n) is 4.69. The summed E-state index contributed by atoms with van der Waals surface area (Å²) in [5.41, 5.74) is 9.20. The van der Waals surface area contributed by atoms with Crippen molar-refractivity contribution in [2.45, 2.75) is 12.7 Å². The van der Waals surface area contributed by atoms with Gasteiger partial charge in [-0.1, -0.05) is 36.4 Å². The van der Waals surface area contributed by atoms with E-state index in [4.69, 9.17) is 5.73 Å². The van der Waals surface area contributed by atoms with Crippen molar-refractivity contribution in [1.29, 1.82) is 0 Å². The zero-order valence-corrected chi connectivity index (χ0v) is 20.8. The number of benzene rings is 3. The van der Waals surface area contributed by atoms with Gasteiger partial charge in [0.1, 0.15) is 0 Å². The molecule has 0 atom stereocenters. The van der Waals surface area contributed by atoms with E-state index in [1.54, 1.807) is 12.1 Å². The highest BCUT2D eigenvalue weighted by atomic mass is 19.4. The van der Waals surface area contributed by atoms with E-state index in [-0.39, 0.29) is 5.69 Å². The van der Waals surface area contributed by atoms with Gasteiger partial charge in [-0.25, -0.2) is 4.79 Å². The molecule has 5 rings (SSSR count). The molecule has 38 heavy (non-hydrogen) atoms. The molecule has 5 N–H and O–H groups in total. The molecule has 0 unspecified atom stereocenters. The summed E-state index contributed by atoms with van der Waals surface area (Å²) in [4.78, 5) is 17.1. The van der Waals surface area contributed by atoms with Crippen LogP contribution >= 0.6 is 0 Å². The van der Waals surface area contributed by atoms with E-state index in [2.05, 4.69) is 43.7 Å². The molecule has 1 aliphatic heterocycles. The van der Waals surface area contributed by atoms with E-state index in [1.807, 2.05) is 18.2 Å². The molecule has 0 bridgehead atoms. The number of para-hydroxylation sites is 1. The Morgan fingerprint density at radius 3 is 2.42 bits per heavy atom. The predicted molar refractivity (Wildman–Crippen MR) is 143 cm³/mol. The van der Waals surface area contributed by atoms with Crippen molar-refractivity contribution in [3.05, 3.63) is 71.8 Å². The fourth-order valence-corrected chi connectivity index (χ4v) is 4.69. The van der Waals surface area contributed by atoms with Crippen molar-refractivity contribution in [1.82, 2.24) is 20.0 Å². The number of likely N-dealkylation sites (N-methyl/N-ethyl adjacent to an activating group) is 1. The lowest BCUT2D eigenvalue weighted by Gasteiger charge is -2.32. The Morgan fingerprint density at radius 1 is 1.00 bits per heavy atom. The number of rotatable bonds is 5. The van der Waals surface area contributed by atoms with Gasteiger partial charge in [-0.2, -0.15) is 18.3 Å². The highest BCUT2D eigenvalue weighted by Crippen LogP contribution is 2.36. The standard InChI is InChI=1S/C27H28F3N7O/c1-36-12-14-37(15-13-36)16-18-8-11-20(23-24(18)34-35-25(23)31)17-6-9-19(10-7-17)32-26(38)33-22-5-3-2-4-21(22)27(28,29)30/h2-11H,12-16H2,1H3,(H3,31,34,35)(H2,32,33,38). The first-order valence-electron chi connectivity index (χ1n) is 12.2. The number of aromatic amines is 1. The van der Waals surface area contributed by atoms with E-state index < -0.39 is 17.8 Å². The van der Waals surface area contributed by atoms with Crippen LogP contribution in [0.25, 0.3) is 22.0 Å². The summed E-state index contributed by atoms with van der Waals surface area (Å²) in [6.45, 7) is 4.83. The molecule has 0 radical (unpaired) electrons. The van der Waals surface area contributed by atoms with Gasteiger partial charge in [0.15, 0.2) is 5.82 Å². The number of nitrogens with zero attached hydrogens (tertiary/aromatic N) is 3. The third-order valence-electron chi connectivity index (χ3n) is 6.76. The van der Waals surface area contributed by atoms with Gasteiger partial charge >= 0.3 is 12.2 Å². The average molecular weight is 524 g/mol. The van der Waals surface area contributed by atoms with Crippen LogP contribution in [-0.2, 0) is 12.7 Å². The second-order valence-electron chi connectivity index (χ2n) is 9.41. The van der Waals surface area contributed by atoms with Crippen LogP contribution in [0.15, 0.2) is 60.7 Å². The largest absolute Gasteiger partial charge is 0.418 e. The Morgan fingerprint density at radius 2 is 1.71 bits per heavy atom. The summed E-state index contributed by atoms with van der Waals surface area (Å²) in [5, 5.41) is 13.0. The Hall–Kier alpha value is -4.09. The number of amides is 2. The van der Waals surface area contributed by atoms with Crippen LogP contribution in [0.2, 0.25) is 0 Å². The number of halogens is 3. The van der Waals surface area contributed by atoms with Gasteiger partial charge in [0, 0.05) is 38.4 Å². The van der Waals surface area contributed by atoms with Gasteiger partial charge in [0.05, 0.1) is 22.2 Å². The predicted octanol–water partition coefficient (Wildman–Crippen LogP) is 5.22. The van der Waals surface area contributed by atoms with Gasteiger partial charge in [-0.05, 0) is 48.0 Å². The molecule has 2 amide bonds. The zero-order chi connectivity index (χ0) is 26.9. The molecule has 0 spiro atoms. The van der Waals surface area contributed by atoms with Gasteiger partial charge in [-0.15, -0.1) is 0 Å². The number of H-pyrrole nitrogens is 1. The summed E-state index contributed by atoms with van der Waals surface area (Å²) >= 11 is 0. The molecular formula is C27H28F3N7O. The molecular weight excluding hydrogens is 495 g/mol. The summed E-state index contributed by atoms with van der Waals surface area (Å²) in [6, 6.07) is 15.2. The average Bonchev–Trinajstić information content (AvgIpc) is 3.28. The molecule has 198 valence electrons. The van der Waals surface area contributed by atoms with E-state index in [0.29, 0.717) is 11.5 Å². The van der Waals surface area contributed by atoms with Crippen molar-refractivity contribution in [3.63, 3.8) is 0 Å². The molecule has 2 heterocycles. The lowest BCUT2D eigenvalue weighted by atomic mass is 9.98. The maximum absolute atomic E-state index is 13.2. The van der Waals surface area contributed by atoms with Gasteiger partial charge in [0.2, 0.25) is 0 Å². The number of nitrogen functional groups attached to an aromatic ring is 1. The monoisotopic (exact) mass is 523 g/mol. The van der Waals surface area contributed by atoms with Crippen LogP contribution in [0.4, 0.5) is 35.2 Å². The zero-order valence-electron chi connectivity index (χ0n) is 20.8. The smallest absolute Gasteiger partial charge is 0.382 e. The highest BCUT2D eigenvalue weighted by molar-refractivity contribution is 6.04. The highest BCUT2D eigenvalue weighted by Gasteiger charge is 2.33. The maximum Gasteiger partial charge on any atom is 0.418 e. The van der Waals surface area contributed by atoms with Gasteiger partial charge < -0.3 is 21.3 Å². The number of fused-ring (bicyclic) bond motifs is 1. The number of nitrogens with two attached hydrogens (primary N) is 1. The molecule has 0 aliphatic carbocycles. The van der Waals surface area contributed by atoms with Crippen LogP contribution in [0.3, 0.4) is 0 Å². The fraction of sp³-hybridized carbons (Fsp3) is 0.259. The normalized spacial score (nSPS) is 15.1. The number of piperazine rings is 1. The second kappa shape index (κ2) is 10.3. The molecule has 1 fully saturated rings. The second-order valence-corrected chi connectivity index (χ2v) is 9.41. The number of hydrogen-bond acceptors (Lipinski definition) is 5. The number of carbonyl (C=O) groups excluding carboxylic acids is 1. The summed E-state index contributed by atoms with van der Waals surface area (Å²) in [7, 11) is 2.13.